The van der Waals surface area contributed by atoms with Gasteiger partial charge >= 0.3 is 0 Å². The van der Waals surface area contributed by atoms with Crippen LogP contribution >= 0.6 is 0 Å². The molecule has 0 bridgehead atoms. The van der Waals surface area contributed by atoms with E-state index < -0.39 is 144 Å². The number of hydrogen-bond acceptors (Lipinski definition) is 2. The van der Waals surface area contributed by atoms with E-state index in [9.17, 15) is 5.48 Å². The molecule has 0 aliphatic rings. The molecule has 3 aromatic heterocycles. The monoisotopic (exact) mass is 1060 g/mol. The van der Waals surface area contributed by atoms with E-state index in [1.807, 2.05) is 12.1 Å². The van der Waals surface area contributed by atoms with Crippen molar-refractivity contribution >= 4 is 32.8 Å². The SMILES string of the molecule is [2H]c1c([2H])c([2H])c(-c2cc(-c3c([2H])c([2H])c([2H])c([2H])c3[2H])c(-[n+]3[c-]n(-c4[c-]c(Oc5[c-]c6c(cc5)c5ccccc5n6-c5cc(C([2H])([2H])[2H])c(-c6c([2H])c([2H])c([2H])c([2H])c6[2H])cn5)ccc4)c4ccccc43)c(-c3c([2H])c([2H])c([2H])c([2H])c3[2H])c2)c([2H])c1[2H].[Pt]. The number of aromatic nitrogens is 4. The van der Waals surface area contributed by atoms with E-state index in [-0.39, 0.29) is 88.7 Å². The Hall–Kier alpha value is -8.11. The van der Waals surface area contributed by atoms with Crippen LogP contribution in [0.3, 0.4) is 0 Å². The van der Waals surface area contributed by atoms with Gasteiger partial charge in [-0.15, -0.1) is 29.7 Å². The summed E-state index contributed by atoms with van der Waals surface area (Å²) in [4.78, 5) is 4.64. The van der Waals surface area contributed by atoms with Crippen molar-refractivity contribution in [3.63, 3.8) is 0 Å². The Morgan fingerprint density at radius 2 is 1.15 bits per heavy atom. The summed E-state index contributed by atoms with van der Waals surface area (Å²) in [6.07, 6.45) is 4.46. The van der Waals surface area contributed by atoms with E-state index in [0.29, 0.717) is 21.9 Å². The van der Waals surface area contributed by atoms with Gasteiger partial charge in [0.15, 0.2) is 0 Å². The Morgan fingerprint density at radius 3 is 1.82 bits per heavy atom. The molecule has 0 fully saturated rings. The molecule has 67 heavy (non-hydrogen) atoms. The van der Waals surface area contributed by atoms with Crippen LogP contribution in [0.1, 0.15) is 37.1 Å². The second-order valence-electron chi connectivity index (χ2n) is 14.7. The average Bonchev–Trinajstić information content (AvgIpc) is 1.25. The van der Waals surface area contributed by atoms with Gasteiger partial charge in [0.2, 0.25) is 0 Å². The minimum Gasteiger partial charge on any atom is -0.510 e. The van der Waals surface area contributed by atoms with Crippen LogP contribution in [0.5, 0.6) is 11.5 Å². The molecule has 0 saturated carbocycles. The van der Waals surface area contributed by atoms with Crippen molar-refractivity contribution in [3.8, 4) is 73.2 Å². The Bertz CT molecular complexity index is 4880. The summed E-state index contributed by atoms with van der Waals surface area (Å²) in [5, 5.41) is 1.38. The number of imidazole rings is 1. The van der Waals surface area contributed by atoms with Crippen LogP contribution in [0.25, 0.3) is 94.5 Å². The maximum atomic E-state index is 9.30. The molecule has 0 atom stereocenters. The smallest absolute Gasteiger partial charge is 0.268 e. The second-order valence-corrected chi connectivity index (χ2v) is 14.7. The van der Waals surface area contributed by atoms with Crippen molar-refractivity contribution in [1.82, 2.24) is 14.1 Å². The normalized spacial score (nSPS) is 16.3. The molecule has 12 rings (SSSR count). The fourth-order valence-corrected chi connectivity index (χ4v) is 8.04. The molecule has 6 heteroatoms. The van der Waals surface area contributed by atoms with Crippen LogP contribution in [0, 0.1) is 25.3 Å². The predicted molar refractivity (Wildman–Crippen MR) is 266 cm³/mol. The van der Waals surface area contributed by atoms with Gasteiger partial charge in [-0.25, -0.2) is 4.98 Å². The van der Waals surface area contributed by atoms with Crippen LogP contribution in [0.4, 0.5) is 0 Å². The third-order valence-electron chi connectivity index (χ3n) is 10.9. The number of fused-ring (bicyclic) bond motifs is 4. The molecule has 0 aliphatic carbocycles. The quantitative estimate of drug-likeness (QED) is 0.107. The van der Waals surface area contributed by atoms with Gasteiger partial charge in [0, 0.05) is 54.0 Å². The largest absolute Gasteiger partial charge is 0.510 e. The molecule has 322 valence electrons. The molecule has 9 aromatic carbocycles. The number of hydrogen-bond donors (Lipinski definition) is 0. The number of para-hydroxylation sites is 3. The summed E-state index contributed by atoms with van der Waals surface area (Å²) in [6.45, 7) is -2.86. The van der Waals surface area contributed by atoms with Crippen LogP contribution < -0.4 is 9.30 Å². The van der Waals surface area contributed by atoms with Gasteiger partial charge in [-0.3, -0.25) is 4.57 Å². The van der Waals surface area contributed by atoms with Gasteiger partial charge in [0.25, 0.3) is 6.33 Å². The fraction of sp³-hybridized carbons (Fsp3) is 0.0164. The third-order valence-corrected chi connectivity index (χ3v) is 10.9. The van der Waals surface area contributed by atoms with Crippen LogP contribution in [-0.2, 0) is 21.1 Å². The second kappa shape index (κ2) is 17.7. The van der Waals surface area contributed by atoms with Crippen LogP contribution in [0.2, 0.25) is 0 Å². The molecule has 0 spiro atoms. The van der Waals surface area contributed by atoms with Gasteiger partial charge < -0.3 is 13.9 Å². The first-order valence-corrected chi connectivity index (χ1v) is 20.2. The van der Waals surface area contributed by atoms with Gasteiger partial charge in [0.05, 0.1) is 44.1 Å². The van der Waals surface area contributed by atoms with Crippen molar-refractivity contribution in [2.75, 3.05) is 0 Å². The van der Waals surface area contributed by atoms with E-state index in [2.05, 4.69) is 23.4 Å². The van der Waals surface area contributed by atoms with E-state index >= 15 is 0 Å². The minimum atomic E-state index is -2.86. The van der Waals surface area contributed by atoms with Crippen LogP contribution in [0.15, 0.2) is 224 Å². The zero-order chi connectivity index (χ0) is 63.9. The molecule has 3 heterocycles. The van der Waals surface area contributed by atoms with Crippen LogP contribution in [-0.4, -0.2) is 14.1 Å². The topological polar surface area (TPSA) is 35.9 Å². The van der Waals surface area contributed by atoms with Crippen molar-refractivity contribution in [2.24, 2.45) is 0 Å². The van der Waals surface area contributed by atoms with Gasteiger partial charge in [0.1, 0.15) is 5.82 Å². The molecular weight excluding hydrogens is 1000 g/mol. The number of rotatable bonds is 9. The van der Waals surface area contributed by atoms with Crippen molar-refractivity contribution in [2.45, 2.75) is 6.85 Å². The summed E-state index contributed by atoms with van der Waals surface area (Å²) in [7, 11) is 0. The number of nitrogens with zero attached hydrogens (tertiary/aromatic N) is 4. The molecule has 12 aromatic rings. The van der Waals surface area contributed by atoms with Gasteiger partial charge in [-0.05, 0) is 86.7 Å². The van der Waals surface area contributed by atoms with Crippen molar-refractivity contribution in [1.29, 1.82) is 0 Å². The van der Waals surface area contributed by atoms with E-state index in [4.69, 9.17) is 30.8 Å². The third kappa shape index (κ3) is 7.64. The summed E-state index contributed by atoms with van der Waals surface area (Å²) in [5.41, 5.74) is -1.14. The first-order valence-electron chi connectivity index (χ1n) is 31.7. The summed E-state index contributed by atoms with van der Waals surface area (Å²) in [6, 6.07) is 18.4. The minimum absolute atomic E-state index is 0. The van der Waals surface area contributed by atoms with E-state index in [1.165, 1.54) is 33.5 Å². The summed E-state index contributed by atoms with van der Waals surface area (Å²) < 4.78 is 212. The van der Waals surface area contributed by atoms with Gasteiger partial charge in [-0.2, -0.15) is 18.2 Å². The van der Waals surface area contributed by atoms with Crippen molar-refractivity contribution in [3.05, 3.63) is 248 Å². The Kier molecular flexibility index (Phi) is 6.17. The molecular formula is C61H40N4OPt-2. The Labute approximate surface area is 436 Å². The van der Waals surface area contributed by atoms with E-state index in [1.54, 1.807) is 71.3 Å². The first-order chi connectivity index (χ1) is 42.1. The molecule has 0 aliphatic heterocycles. The van der Waals surface area contributed by atoms with Crippen molar-refractivity contribution < 1.29 is 61.9 Å². The average molecular weight is 1060 g/mol. The predicted octanol–water partition coefficient (Wildman–Crippen LogP) is 14.6. The van der Waals surface area contributed by atoms with E-state index in [0.717, 1.165) is 5.39 Å². The standard InChI is InChI=1S/C61H40N4O.Pt/c1-42-35-60(62-40-55(42)46-25-12-5-13-26-46)65-56-30-15-14-29-51(56)52-34-33-50(39-59(52)65)66-49-28-18-27-48(38-49)63-41-64(58-32-17-16-31-57(58)63)61-53(44-21-8-3-9-22-44)36-47(43-19-6-2-7-20-43)37-54(61)45-23-10-4-11-24-45;/h2-37,40H,1H3;/q-2;/i1D3,2D,3D,4D,5D,6D,7D,8D,9D,10D,11D,12D,13D,19D,20D,21D,22D,23D,24D,25D,26D;. The molecule has 0 radical (unpaired) electrons. The fourth-order valence-electron chi connectivity index (χ4n) is 8.04. The number of benzene rings is 9. The molecule has 0 amide bonds. The zero-order valence-corrected chi connectivity index (χ0v) is 36.6. The Morgan fingerprint density at radius 1 is 0.552 bits per heavy atom. The molecule has 5 nitrogen and oxygen atoms in total. The molecule has 0 unspecified atom stereocenters. The number of aryl methyl sites for hydroxylation is 1. The summed E-state index contributed by atoms with van der Waals surface area (Å²) >= 11 is 0. The first kappa shape index (κ1) is 23.4. The zero-order valence-electron chi connectivity index (χ0n) is 57.3. The Balaban J connectivity index is 0.00000833. The molecule has 0 N–H and O–H groups in total. The maximum Gasteiger partial charge on any atom is 0.268 e. The van der Waals surface area contributed by atoms with Gasteiger partial charge in [-0.1, -0.05) is 169 Å². The summed E-state index contributed by atoms with van der Waals surface area (Å²) in [5.74, 6) is 0.354. The maximum absolute atomic E-state index is 9.30. The molecule has 0 saturated heterocycles. The number of ether oxygens (including phenoxy) is 1. The number of pyridine rings is 1.